The molecule has 262 valence electrons. The van der Waals surface area contributed by atoms with E-state index in [9.17, 15) is 19.2 Å². The zero-order valence-corrected chi connectivity index (χ0v) is 28.7. The SMILES string of the molecule is CC(=O)ON(Cc1cccc(-c2cc(-c3c4ccccc4cc4ccccc34)cc(-c3cccc(CN(OC(C)=O)OC(C)=O)n3)n2)n1)OC(C)=O. The van der Waals surface area contributed by atoms with E-state index in [1.165, 1.54) is 27.7 Å². The fourth-order valence-corrected chi connectivity index (χ4v) is 5.69. The number of carbonyl (C=O) groups excluding carboxylic acids is 4. The van der Waals surface area contributed by atoms with Crippen molar-refractivity contribution >= 4 is 45.4 Å². The fourth-order valence-electron chi connectivity index (χ4n) is 5.69. The summed E-state index contributed by atoms with van der Waals surface area (Å²) in [6.45, 7) is 4.50. The fraction of sp³-hybridized carbons (Fsp3) is 0.154. The monoisotopic (exact) mass is 699 g/mol. The summed E-state index contributed by atoms with van der Waals surface area (Å²) in [5.41, 5.74) is 4.68. The average molecular weight is 700 g/mol. The topological polar surface area (TPSA) is 150 Å². The molecule has 0 amide bonds. The van der Waals surface area contributed by atoms with Gasteiger partial charge >= 0.3 is 23.9 Å². The third kappa shape index (κ3) is 8.59. The van der Waals surface area contributed by atoms with Crippen LogP contribution < -0.4 is 0 Å². The third-order valence-corrected chi connectivity index (χ3v) is 7.53. The van der Waals surface area contributed by atoms with Crippen LogP contribution in [0.15, 0.2) is 103 Å². The summed E-state index contributed by atoms with van der Waals surface area (Å²) in [5, 5.41) is 5.73. The number of nitrogens with zero attached hydrogens (tertiary/aromatic N) is 5. The second-order valence-electron chi connectivity index (χ2n) is 11.7. The molecule has 6 rings (SSSR count). The standard InChI is InChI=1S/C39H33N5O8/c1-24(45)49-43(50-25(2)46)22-31-13-9-17-35(40-31)37-20-30(39-33-15-7-5-11-28(33)19-29-12-6-8-16-34(29)39)21-38(42-37)36-18-10-14-32(41-36)23-44(51-26(3)47)52-27(4)48/h5-21H,22-23H2,1-4H3. The molecule has 3 aromatic heterocycles. The van der Waals surface area contributed by atoms with Gasteiger partial charge in [0.15, 0.2) is 0 Å². The minimum Gasteiger partial charge on any atom is -0.333 e. The van der Waals surface area contributed by atoms with Gasteiger partial charge in [0.25, 0.3) is 0 Å². The van der Waals surface area contributed by atoms with Gasteiger partial charge in [-0.05, 0) is 75.1 Å². The van der Waals surface area contributed by atoms with Crippen LogP contribution in [0.25, 0.3) is 55.4 Å². The Kier molecular flexibility index (Phi) is 10.5. The zero-order valence-electron chi connectivity index (χ0n) is 28.7. The van der Waals surface area contributed by atoms with Crippen LogP contribution in [0.4, 0.5) is 0 Å². The molecule has 13 heteroatoms. The van der Waals surface area contributed by atoms with Crippen molar-refractivity contribution in [2.24, 2.45) is 0 Å². The van der Waals surface area contributed by atoms with Crippen LogP contribution in [-0.2, 0) is 51.6 Å². The second-order valence-corrected chi connectivity index (χ2v) is 11.7. The highest BCUT2D eigenvalue weighted by Crippen LogP contribution is 2.39. The van der Waals surface area contributed by atoms with Crippen molar-refractivity contribution in [1.29, 1.82) is 0 Å². The van der Waals surface area contributed by atoms with E-state index in [0.29, 0.717) is 34.2 Å². The third-order valence-electron chi connectivity index (χ3n) is 7.53. The second kappa shape index (κ2) is 15.5. The summed E-state index contributed by atoms with van der Waals surface area (Å²) in [7, 11) is 0. The van der Waals surface area contributed by atoms with Gasteiger partial charge in [0.1, 0.15) is 13.1 Å². The van der Waals surface area contributed by atoms with Crippen LogP contribution >= 0.6 is 0 Å². The van der Waals surface area contributed by atoms with E-state index in [2.05, 4.69) is 30.3 Å². The number of hydrogen-bond acceptors (Lipinski definition) is 13. The Balaban J connectivity index is 1.51. The Labute approximate surface area is 298 Å². The van der Waals surface area contributed by atoms with Gasteiger partial charge in [0.2, 0.25) is 0 Å². The van der Waals surface area contributed by atoms with Crippen molar-refractivity contribution in [3.63, 3.8) is 0 Å². The van der Waals surface area contributed by atoms with Crippen LogP contribution in [0.1, 0.15) is 39.1 Å². The van der Waals surface area contributed by atoms with Crippen molar-refractivity contribution in [2.45, 2.75) is 40.8 Å². The molecule has 6 aromatic rings. The maximum Gasteiger partial charge on any atom is 0.326 e. The number of fused-ring (bicyclic) bond motifs is 2. The highest BCUT2D eigenvalue weighted by Gasteiger charge is 2.19. The normalized spacial score (nSPS) is 11.1. The number of aromatic nitrogens is 3. The Bertz CT molecular complexity index is 2140. The number of rotatable bonds is 11. The molecule has 0 aliphatic rings. The molecule has 0 spiro atoms. The maximum absolute atomic E-state index is 11.7. The Morgan fingerprint density at radius 3 is 1.29 bits per heavy atom. The van der Waals surface area contributed by atoms with Crippen molar-refractivity contribution in [2.75, 3.05) is 0 Å². The first-order chi connectivity index (χ1) is 25.0. The summed E-state index contributed by atoms with van der Waals surface area (Å²) in [5.74, 6) is -2.68. The molecule has 0 radical (unpaired) electrons. The summed E-state index contributed by atoms with van der Waals surface area (Å²) < 4.78 is 0. The summed E-state index contributed by atoms with van der Waals surface area (Å²) in [6.07, 6.45) is 0. The van der Waals surface area contributed by atoms with Crippen LogP contribution in [0.2, 0.25) is 0 Å². The highest BCUT2D eigenvalue weighted by atomic mass is 17.0. The lowest BCUT2D eigenvalue weighted by Crippen LogP contribution is -2.28. The quantitative estimate of drug-likeness (QED) is 0.104. The molecule has 0 aliphatic heterocycles. The van der Waals surface area contributed by atoms with Gasteiger partial charge < -0.3 is 19.4 Å². The van der Waals surface area contributed by atoms with Gasteiger partial charge in [-0.1, -0.05) is 60.7 Å². The molecule has 0 saturated carbocycles. The number of hydroxylamine groups is 4. The van der Waals surface area contributed by atoms with Crippen molar-refractivity contribution in [1.82, 2.24) is 25.4 Å². The highest BCUT2D eigenvalue weighted by molar-refractivity contribution is 6.13. The van der Waals surface area contributed by atoms with E-state index in [-0.39, 0.29) is 13.1 Å². The molecule has 0 atom stereocenters. The van der Waals surface area contributed by atoms with Gasteiger partial charge in [-0.15, -0.1) is 0 Å². The largest absolute Gasteiger partial charge is 0.333 e. The maximum atomic E-state index is 11.7. The Morgan fingerprint density at radius 2 is 0.885 bits per heavy atom. The molecule has 0 fully saturated rings. The first kappa shape index (κ1) is 35.3. The van der Waals surface area contributed by atoms with Crippen LogP contribution in [0.3, 0.4) is 0 Å². The van der Waals surface area contributed by atoms with Crippen molar-refractivity contribution in [3.8, 4) is 33.9 Å². The predicted octanol–water partition coefficient (Wildman–Crippen LogP) is 6.70. The van der Waals surface area contributed by atoms with E-state index in [4.69, 9.17) is 34.3 Å². The lowest BCUT2D eigenvalue weighted by Gasteiger charge is -2.18. The van der Waals surface area contributed by atoms with Crippen LogP contribution in [0.5, 0.6) is 0 Å². The summed E-state index contributed by atoms with van der Waals surface area (Å²) >= 11 is 0. The molecule has 3 heterocycles. The molecule has 3 aromatic carbocycles. The van der Waals surface area contributed by atoms with E-state index in [1.54, 1.807) is 36.4 Å². The molecule has 0 aliphatic carbocycles. The number of pyridine rings is 3. The number of hydrogen-bond donors (Lipinski definition) is 0. The smallest absolute Gasteiger partial charge is 0.326 e. The molecule has 52 heavy (non-hydrogen) atoms. The number of carbonyl (C=O) groups is 4. The van der Waals surface area contributed by atoms with Gasteiger partial charge in [-0.3, -0.25) is 19.2 Å². The summed E-state index contributed by atoms with van der Waals surface area (Å²) in [4.78, 5) is 81.5. The molecular weight excluding hydrogens is 666 g/mol. The van der Waals surface area contributed by atoms with E-state index < -0.39 is 23.9 Å². The molecule has 0 unspecified atom stereocenters. The molecular formula is C39H33N5O8. The zero-order chi connectivity index (χ0) is 36.8. The number of benzene rings is 3. The van der Waals surface area contributed by atoms with E-state index in [1.807, 2.05) is 36.4 Å². The van der Waals surface area contributed by atoms with E-state index >= 15 is 0 Å². The molecule has 0 N–H and O–H groups in total. The van der Waals surface area contributed by atoms with Gasteiger partial charge in [-0.2, -0.15) is 0 Å². The molecule has 13 nitrogen and oxygen atoms in total. The van der Waals surface area contributed by atoms with Crippen molar-refractivity contribution < 1.29 is 38.5 Å². The van der Waals surface area contributed by atoms with Gasteiger partial charge in [0.05, 0.1) is 34.2 Å². The minimum atomic E-state index is -0.669. The lowest BCUT2D eigenvalue weighted by atomic mass is 9.91. The van der Waals surface area contributed by atoms with Crippen molar-refractivity contribution in [3.05, 3.63) is 115 Å². The summed E-state index contributed by atoms with van der Waals surface area (Å²) in [6, 6.07) is 32.9. The molecule has 0 saturated heterocycles. The van der Waals surface area contributed by atoms with Gasteiger partial charge in [0, 0.05) is 38.1 Å². The van der Waals surface area contributed by atoms with Crippen LogP contribution in [-0.4, -0.2) is 49.3 Å². The first-order valence-corrected chi connectivity index (χ1v) is 16.2. The average Bonchev–Trinajstić information content (AvgIpc) is 3.09. The Morgan fingerprint density at radius 1 is 0.481 bits per heavy atom. The predicted molar refractivity (Wildman–Crippen MR) is 189 cm³/mol. The lowest BCUT2D eigenvalue weighted by molar-refractivity contribution is -0.330. The molecule has 0 bridgehead atoms. The minimum absolute atomic E-state index is 0.141. The van der Waals surface area contributed by atoms with Gasteiger partial charge in [-0.25, -0.2) is 15.0 Å². The van der Waals surface area contributed by atoms with E-state index in [0.717, 1.165) is 43.1 Å². The Hall–Kier alpha value is -6.57. The van der Waals surface area contributed by atoms with Crippen LogP contribution in [0, 0.1) is 0 Å². The first-order valence-electron chi connectivity index (χ1n) is 16.2.